The zero-order chi connectivity index (χ0) is 7.11. The second kappa shape index (κ2) is 6.08. The van der Waals surface area contributed by atoms with Gasteiger partial charge in [-0.1, -0.05) is 52.5 Å². The van der Waals surface area contributed by atoms with Crippen LogP contribution in [0.25, 0.3) is 0 Å². The minimum absolute atomic E-state index is 1.28. The van der Waals surface area contributed by atoms with Crippen molar-refractivity contribution in [2.45, 2.75) is 13.8 Å². The first-order valence-electron chi connectivity index (χ1n) is 2.87. The summed E-state index contributed by atoms with van der Waals surface area (Å²) in [6, 6.07) is 0. The van der Waals surface area contributed by atoms with Crippen LogP contribution in [0.2, 0.25) is 0 Å². The fourth-order valence-corrected chi connectivity index (χ4v) is 0.714. The highest BCUT2D eigenvalue weighted by Crippen LogP contribution is 1.95. The van der Waals surface area contributed by atoms with Crippen LogP contribution in [0.15, 0.2) is 34.0 Å². The molecule has 0 spiro atoms. The van der Waals surface area contributed by atoms with Gasteiger partial charge in [-0.05, 0) is 17.9 Å². The van der Waals surface area contributed by atoms with Gasteiger partial charge < -0.3 is 0 Å². The Morgan fingerprint density at radius 2 is 2.11 bits per heavy atom. The molecule has 0 saturated heterocycles. The standard InChI is InChI=1S/C8H11I/c1-3-5-8(2)6-4-7-9/h3-7H,1-2H3/b5-3+,7-4-,8-6-. The molecule has 0 atom stereocenters. The number of hydrogen-bond donors (Lipinski definition) is 0. The highest BCUT2D eigenvalue weighted by molar-refractivity contribution is 14.1. The molecular formula is C8H11I. The van der Waals surface area contributed by atoms with Gasteiger partial charge in [0.25, 0.3) is 0 Å². The molecule has 0 radical (unpaired) electrons. The van der Waals surface area contributed by atoms with E-state index in [4.69, 9.17) is 0 Å². The van der Waals surface area contributed by atoms with Crippen LogP contribution in [-0.2, 0) is 0 Å². The van der Waals surface area contributed by atoms with E-state index in [0.717, 1.165) is 0 Å². The third kappa shape index (κ3) is 5.83. The van der Waals surface area contributed by atoms with Crippen molar-refractivity contribution >= 4 is 22.6 Å². The van der Waals surface area contributed by atoms with Crippen LogP contribution in [0.1, 0.15) is 13.8 Å². The lowest BCUT2D eigenvalue weighted by atomic mass is 10.2. The second-order valence-corrected chi connectivity index (χ2v) is 2.45. The largest absolute Gasteiger partial charge is 0.0874 e. The van der Waals surface area contributed by atoms with Crippen molar-refractivity contribution in [2.24, 2.45) is 0 Å². The first kappa shape index (κ1) is 8.95. The summed E-state index contributed by atoms with van der Waals surface area (Å²) in [5, 5.41) is 0. The van der Waals surface area contributed by atoms with Crippen molar-refractivity contribution < 1.29 is 0 Å². The summed E-state index contributed by atoms with van der Waals surface area (Å²) in [7, 11) is 0. The molecule has 0 heterocycles. The molecule has 0 aliphatic carbocycles. The van der Waals surface area contributed by atoms with Gasteiger partial charge in [-0.15, -0.1) is 0 Å². The minimum Gasteiger partial charge on any atom is -0.0874 e. The van der Waals surface area contributed by atoms with Crippen LogP contribution in [0.3, 0.4) is 0 Å². The third-order valence-corrected chi connectivity index (χ3v) is 1.28. The van der Waals surface area contributed by atoms with Crippen LogP contribution in [0.5, 0.6) is 0 Å². The van der Waals surface area contributed by atoms with Gasteiger partial charge in [-0.3, -0.25) is 0 Å². The molecule has 0 aromatic rings. The predicted molar refractivity (Wildman–Crippen MR) is 51.7 cm³/mol. The summed E-state index contributed by atoms with van der Waals surface area (Å²) in [5.74, 6) is 0. The topological polar surface area (TPSA) is 0 Å². The molecule has 0 amide bonds. The molecule has 0 aliphatic rings. The molecule has 1 heteroatoms. The van der Waals surface area contributed by atoms with Crippen molar-refractivity contribution in [2.75, 3.05) is 0 Å². The van der Waals surface area contributed by atoms with Gasteiger partial charge in [0.05, 0.1) is 0 Å². The summed E-state index contributed by atoms with van der Waals surface area (Å²) >= 11 is 2.20. The fourth-order valence-electron chi connectivity index (χ4n) is 0.507. The lowest BCUT2D eigenvalue weighted by molar-refractivity contribution is 1.50. The zero-order valence-electron chi connectivity index (χ0n) is 5.76. The van der Waals surface area contributed by atoms with Gasteiger partial charge in [-0.25, -0.2) is 0 Å². The van der Waals surface area contributed by atoms with Gasteiger partial charge in [0.15, 0.2) is 0 Å². The van der Waals surface area contributed by atoms with Crippen LogP contribution in [0.4, 0.5) is 0 Å². The highest BCUT2D eigenvalue weighted by Gasteiger charge is 1.73. The number of halogens is 1. The van der Waals surface area contributed by atoms with Crippen molar-refractivity contribution in [3.05, 3.63) is 34.0 Å². The van der Waals surface area contributed by atoms with E-state index >= 15 is 0 Å². The summed E-state index contributed by atoms with van der Waals surface area (Å²) in [6.45, 7) is 4.10. The molecule has 0 rings (SSSR count). The van der Waals surface area contributed by atoms with Crippen LogP contribution in [0, 0.1) is 0 Å². The molecule has 0 bridgehead atoms. The predicted octanol–water partition coefficient (Wildman–Crippen LogP) is 3.46. The van der Waals surface area contributed by atoms with Crippen molar-refractivity contribution in [1.82, 2.24) is 0 Å². The maximum atomic E-state index is 2.20. The van der Waals surface area contributed by atoms with Gasteiger partial charge in [0.2, 0.25) is 0 Å². The van der Waals surface area contributed by atoms with Gasteiger partial charge in [0.1, 0.15) is 0 Å². The fraction of sp³-hybridized carbons (Fsp3) is 0.250. The Labute approximate surface area is 70.5 Å². The average molecular weight is 234 g/mol. The smallest absolute Gasteiger partial charge is 0.0234 e. The van der Waals surface area contributed by atoms with E-state index in [9.17, 15) is 0 Å². The summed E-state index contributed by atoms with van der Waals surface area (Å²) in [6.07, 6.45) is 8.21. The Morgan fingerprint density at radius 3 is 2.56 bits per heavy atom. The van der Waals surface area contributed by atoms with E-state index in [2.05, 4.69) is 41.7 Å². The van der Waals surface area contributed by atoms with E-state index in [-0.39, 0.29) is 0 Å². The van der Waals surface area contributed by atoms with Crippen LogP contribution < -0.4 is 0 Å². The molecule has 0 nitrogen and oxygen atoms in total. The average Bonchev–Trinajstić information content (AvgIpc) is 1.85. The highest BCUT2D eigenvalue weighted by atomic mass is 127. The zero-order valence-corrected chi connectivity index (χ0v) is 7.92. The van der Waals surface area contributed by atoms with Crippen LogP contribution >= 0.6 is 22.6 Å². The first-order valence-corrected chi connectivity index (χ1v) is 4.12. The summed E-state index contributed by atoms with van der Waals surface area (Å²) in [5.41, 5.74) is 1.28. The van der Waals surface area contributed by atoms with E-state index in [1.807, 2.05) is 23.2 Å². The summed E-state index contributed by atoms with van der Waals surface area (Å²) in [4.78, 5) is 0. The maximum absolute atomic E-state index is 2.20. The second-order valence-electron chi connectivity index (χ2n) is 1.73. The van der Waals surface area contributed by atoms with E-state index in [1.54, 1.807) is 0 Å². The third-order valence-electron chi connectivity index (χ3n) is 0.861. The minimum atomic E-state index is 1.28. The molecule has 0 aliphatic heterocycles. The van der Waals surface area contributed by atoms with E-state index in [0.29, 0.717) is 0 Å². The molecule has 0 unspecified atom stereocenters. The molecule has 50 valence electrons. The molecule has 0 N–H and O–H groups in total. The number of hydrogen-bond acceptors (Lipinski definition) is 0. The number of rotatable bonds is 2. The first-order chi connectivity index (χ1) is 4.31. The normalized spacial score (nSPS) is 13.9. The molecule has 0 saturated carbocycles. The Morgan fingerprint density at radius 1 is 1.44 bits per heavy atom. The van der Waals surface area contributed by atoms with Gasteiger partial charge in [0, 0.05) is 0 Å². The molecule has 0 fully saturated rings. The van der Waals surface area contributed by atoms with E-state index in [1.165, 1.54) is 5.57 Å². The van der Waals surface area contributed by atoms with Crippen molar-refractivity contribution in [3.8, 4) is 0 Å². The molecular weight excluding hydrogens is 223 g/mol. The van der Waals surface area contributed by atoms with Crippen molar-refractivity contribution in [1.29, 1.82) is 0 Å². The molecule has 0 aromatic heterocycles. The summed E-state index contributed by atoms with van der Waals surface area (Å²) < 4.78 is 1.99. The van der Waals surface area contributed by atoms with Crippen molar-refractivity contribution in [3.63, 3.8) is 0 Å². The Balaban J connectivity index is 3.84. The van der Waals surface area contributed by atoms with Crippen LogP contribution in [-0.4, -0.2) is 0 Å². The Kier molecular flexibility index (Phi) is 6.04. The Hall–Kier alpha value is -0.0500. The maximum Gasteiger partial charge on any atom is -0.0234 e. The monoisotopic (exact) mass is 234 g/mol. The SMILES string of the molecule is C/C=C/C(C)=C\C=C/I. The lowest BCUT2D eigenvalue weighted by Gasteiger charge is -1.83. The molecule has 0 aromatic carbocycles. The van der Waals surface area contributed by atoms with Gasteiger partial charge in [-0.2, -0.15) is 0 Å². The molecule has 9 heavy (non-hydrogen) atoms. The Bertz CT molecular complexity index is 141. The lowest BCUT2D eigenvalue weighted by Crippen LogP contribution is -1.62. The van der Waals surface area contributed by atoms with Gasteiger partial charge >= 0.3 is 0 Å². The quantitative estimate of drug-likeness (QED) is 0.507. The van der Waals surface area contributed by atoms with E-state index < -0.39 is 0 Å². The number of allylic oxidation sites excluding steroid dienone is 5.